The van der Waals surface area contributed by atoms with Crippen LogP contribution in [-0.4, -0.2) is 4.98 Å². The molecule has 0 unspecified atom stereocenters. The molecule has 0 spiro atoms. The van der Waals surface area contributed by atoms with Crippen LogP contribution in [0.25, 0.3) is 0 Å². The normalized spacial score (nSPS) is 10.3. The SMILES string of the molecule is Cc1ccc(Br)cc1Oc1cncc(CN)c1. The fourth-order valence-corrected chi connectivity index (χ4v) is 1.78. The number of aromatic nitrogens is 1. The highest BCUT2D eigenvalue weighted by Gasteiger charge is 2.03. The minimum absolute atomic E-state index is 0.460. The molecule has 0 saturated heterocycles. The van der Waals surface area contributed by atoms with Crippen molar-refractivity contribution in [1.29, 1.82) is 0 Å². The molecule has 4 heteroatoms. The summed E-state index contributed by atoms with van der Waals surface area (Å²) >= 11 is 3.42. The summed E-state index contributed by atoms with van der Waals surface area (Å²) in [5, 5.41) is 0. The Balaban J connectivity index is 2.27. The zero-order valence-corrected chi connectivity index (χ0v) is 11.1. The van der Waals surface area contributed by atoms with Gasteiger partial charge >= 0.3 is 0 Å². The van der Waals surface area contributed by atoms with Gasteiger partial charge in [-0.3, -0.25) is 4.98 Å². The molecule has 0 amide bonds. The minimum Gasteiger partial charge on any atom is -0.455 e. The number of ether oxygens (including phenoxy) is 1. The van der Waals surface area contributed by atoms with Gasteiger partial charge in [0.1, 0.15) is 11.5 Å². The van der Waals surface area contributed by atoms with Crippen LogP contribution < -0.4 is 10.5 Å². The number of nitrogens with two attached hydrogens (primary N) is 1. The maximum absolute atomic E-state index is 5.78. The molecule has 2 rings (SSSR count). The zero-order valence-electron chi connectivity index (χ0n) is 9.48. The van der Waals surface area contributed by atoms with E-state index in [1.165, 1.54) is 0 Å². The van der Waals surface area contributed by atoms with E-state index in [1.807, 2.05) is 31.2 Å². The first kappa shape index (κ1) is 12.1. The van der Waals surface area contributed by atoms with Crippen molar-refractivity contribution in [2.24, 2.45) is 5.73 Å². The summed E-state index contributed by atoms with van der Waals surface area (Å²) in [5.41, 5.74) is 7.59. The molecule has 0 bridgehead atoms. The van der Waals surface area contributed by atoms with Crippen LogP contribution in [0.2, 0.25) is 0 Å². The number of pyridine rings is 1. The summed E-state index contributed by atoms with van der Waals surface area (Å²) < 4.78 is 6.77. The van der Waals surface area contributed by atoms with Crippen LogP contribution >= 0.6 is 15.9 Å². The van der Waals surface area contributed by atoms with Gasteiger partial charge in [-0.1, -0.05) is 22.0 Å². The molecular formula is C13H13BrN2O. The zero-order chi connectivity index (χ0) is 12.3. The van der Waals surface area contributed by atoms with Crippen LogP contribution in [0.4, 0.5) is 0 Å². The highest BCUT2D eigenvalue weighted by molar-refractivity contribution is 9.10. The highest BCUT2D eigenvalue weighted by atomic mass is 79.9. The van der Waals surface area contributed by atoms with Gasteiger partial charge in [0.05, 0.1) is 6.20 Å². The van der Waals surface area contributed by atoms with Gasteiger partial charge in [0, 0.05) is 17.2 Å². The lowest BCUT2D eigenvalue weighted by Gasteiger charge is -2.09. The van der Waals surface area contributed by atoms with Gasteiger partial charge in [-0.25, -0.2) is 0 Å². The van der Waals surface area contributed by atoms with Crippen molar-refractivity contribution >= 4 is 15.9 Å². The van der Waals surface area contributed by atoms with Crippen molar-refractivity contribution in [2.45, 2.75) is 13.5 Å². The van der Waals surface area contributed by atoms with Gasteiger partial charge in [0.2, 0.25) is 0 Å². The average Bonchev–Trinajstić information content (AvgIpc) is 2.34. The first-order valence-electron chi connectivity index (χ1n) is 5.27. The first-order chi connectivity index (χ1) is 8.19. The summed E-state index contributed by atoms with van der Waals surface area (Å²) in [6.07, 6.45) is 3.42. The van der Waals surface area contributed by atoms with Crippen LogP contribution in [-0.2, 0) is 6.54 Å². The maximum Gasteiger partial charge on any atom is 0.146 e. The fraction of sp³-hybridized carbons (Fsp3) is 0.154. The minimum atomic E-state index is 0.460. The number of halogens is 1. The van der Waals surface area contributed by atoms with E-state index in [9.17, 15) is 0 Å². The van der Waals surface area contributed by atoms with Gasteiger partial charge in [0.25, 0.3) is 0 Å². The lowest BCUT2D eigenvalue weighted by Crippen LogP contribution is -1.97. The summed E-state index contributed by atoms with van der Waals surface area (Å²) in [6, 6.07) is 7.81. The molecule has 0 aliphatic heterocycles. The number of nitrogens with zero attached hydrogens (tertiary/aromatic N) is 1. The van der Waals surface area contributed by atoms with E-state index in [0.717, 1.165) is 21.3 Å². The number of hydrogen-bond acceptors (Lipinski definition) is 3. The molecule has 2 N–H and O–H groups in total. The number of hydrogen-bond donors (Lipinski definition) is 1. The van der Waals surface area contributed by atoms with Gasteiger partial charge < -0.3 is 10.5 Å². The lowest BCUT2D eigenvalue weighted by molar-refractivity contribution is 0.475. The largest absolute Gasteiger partial charge is 0.455 e. The molecule has 1 heterocycles. The monoisotopic (exact) mass is 292 g/mol. The molecule has 0 fully saturated rings. The summed E-state index contributed by atoms with van der Waals surface area (Å²) in [7, 11) is 0. The molecule has 0 radical (unpaired) electrons. The Kier molecular flexibility index (Phi) is 3.76. The second-order valence-electron chi connectivity index (χ2n) is 3.74. The number of rotatable bonds is 3. The Morgan fingerprint density at radius 1 is 1.29 bits per heavy atom. The molecular weight excluding hydrogens is 280 g/mol. The van der Waals surface area contributed by atoms with Gasteiger partial charge in [-0.15, -0.1) is 0 Å². The van der Waals surface area contributed by atoms with Crippen molar-refractivity contribution in [3.63, 3.8) is 0 Å². The molecule has 0 aliphatic rings. The molecule has 17 heavy (non-hydrogen) atoms. The predicted octanol–water partition coefficient (Wildman–Crippen LogP) is 3.40. The van der Waals surface area contributed by atoms with Crippen LogP contribution in [0, 0.1) is 6.92 Å². The highest BCUT2D eigenvalue weighted by Crippen LogP contribution is 2.27. The molecule has 0 aliphatic carbocycles. The summed E-state index contributed by atoms with van der Waals surface area (Å²) in [6.45, 7) is 2.46. The lowest BCUT2D eigenvalue weighted by atomic mass is 10.2. The van der Waals surface area contributed by atoms with E-state index < -0.39 is 0 Å². The third-order valence-electron chi connectivity index (χ3n) is 2.38. The van der Waals surface area contributed by atoms with Gasteiger partial charge in [-0.05, 0) is 36.2 Å². The summed E-state index contributed by atoms with van der Waals surface area (Å²) in [5.74, 6) is 1.52. The predicted molar refractivity (Wildman–Crippen MR) is 71.1 cm³/mol. The van der Waals surface area contributed by atoms with E-state index in [0.29, 0.717) is 12.3 Å². The Labute approximate surface area is 109 Å². The molecule has 2 aromatic rings. The first-order valence-corrected chi connectivity index (χ1v) is 6.06. The van der Waals surface area contributed by atoms with Crippen LogP contribution in [0.3, 0.4) is 0 Å². The van der Waals surface area contributed by atoms with Crippen LogP contribution in [0.15, 0.2) is 41.1 Å². The molecule has 3 nitrogen and oxygen atoms in total. The quantitative estimate of drug-likeness (QED) is 0.943. The smallest absolute Gasteiger partial charge is 0.146 e. The Hall–Kier alpha value is -1.39. The van der Waals surface area contributed by atoms with Crippen molar-refractivity contribution in [3.05, 3.63) is 52.3 Å². The van der Waals surface area contributed by atoms with Gasteiger partial charge in [-0.2, -0.15) is 0 Å². The van der Waals surface area contributed by atoms with E-state index >= 15 is 0 Å². The van der Waals surface area contributed by atoms with Crippen molar-refractivity contribution in [2.75, 3.05) is 0 Å². The van der Waals surface area contributed by atoms with E-state index in [-0.39, 0.29) is 0 Å². The van der Waals surface area contributed by atoms with E-state index in [1.54, 1.807) is 12.4 Å². The second kappa shape index (κ2) is 5.29. The Bertz CT molecular complexity index is 529. The van der Waals surface area contributed by atoms with Crippen molar-refractivity contribution in [1.82, 2.24) is 4.98 Å². The van der Waals surface area contributed by atoms with Crippen LogP contribution in [0.5, 0.6) is 11.5 Å². The maximum atomic E-state index is 5.78. The Morgan fingerprint density at radius 3 is 2.88 bits per heavy atom. The molecule has 1 aromatic carbocycles. The van der Waals surface area contributed by atoms with Crippen molar-refractivity contribution in [3.8, 4) is 11.5 Å². The van der Waals surface area contributed by atoms with Crippen molar-refractivity contribution < 1.29 is 4.74 Å². The number of benzene rings is 1. The topological polar surface area (TPSA) is 48.1 Å². The average molecular weight is 293 g/mol. The molecule has 1 aromatic heterocycles. The molecule has 0 saturated carbocycles. The molecule has 88 valence electrons. The number of aryl methyl sites for hydroxylation is 1. The summed E-state index contributed by atoms with van der Waals surface area (Å²) in [4.78, 5) is 4.09. The van der Waals surface area contributed by atoms with Crippen LogP contribution in [0.1, 0.15) is 11.1 Å². The Morgan fingerprint density at radius 2 is 2.12 bits per heavy atom. The standard InChI is InChI=1S/C13H13BrN2O/c1-9-2-3-11(14)5-13(9)17-12-4-10(6-15)7-16-8-12/h2-5,7-8H,6,15H2,1H3. The van der Waals surface area contributed by atoms with E-state index in [4.69, 9.17) is 10.5 Å². The fourth-order valence-electron chi connectivity index (χ4n) is 1.44. The second-order valence-corrected chi connectivity index (χ2v) is 4.66. The third-order valence-corrected chi connectivity index (χ3v) is 2.88. The molecule has 0 atom stereocenters. The third kappa shape index (κ3) is 3.05. The van der Waals surface area contributed by atoms with E-state index in [2.05, 4.69) is 20.9 Å². The van der Waals surface area contributed by atoms with Gasteiger partial charge in [0.15, 0.2) is 0 Å².